The third-order valence-electron chi connectivity index (χ3n) is 7.54. The number of alkyl carbamates (subject to hydrolysis) is 1. The van der Waals surface area contributed by atoms with Crippen molar-refractivity contribution in [2.45, 2.75) is 125 Å². The molecule has 306 valence electrons. The van der Waals surface area contributed by atoms with Crippen molar-refractivity contribution in [2.75, 3.05) is 58.9 Å². The normalized spacial score (nSPS) is 16.3. The summed E-state index contributed by atoms with van der Waals surface area (Å²) in [4.78, 5) is 73.1. The minimum absolute atomic E-state index is 0.0197. The van der Waals surface area contributed by atoms with Crippen molar-refractivity contribution in [3.8, 4) is 0 Å². The SMILES string of the molecule is CC(C)(C)OC(=O)N[C@@H](CCN1CCN(C(=O)OC(C)(C)C)CCN(C(=O)OC(C)(C)C)CCN(C(=O)OC(C)(C)C)CC1)C(=O)OCc1ccccc1. The minimum atomic E-state index is -1.06. The van der Waals surface area contributed by atoms with Crippen LogP contribution >= 0.6 is 0 Å². The van der Waals surface area contributed by atoms with Gasteiger partial charge in [-0.2, -0.15) is 0 Å². The number of carbonyl (C=O) groups is 5. The highest BCUT2D eigenvalue weighted by Gasteiger charge is 2.31. The summed E-state index contributed by atoms with van der Waals surface area (Å²) in [6.07, 6.45) is -2.30. The fraction of sp³-hybridized carbons (Fsp3) is 0.718. The largest absolute Gasteiger partial charge is 0.459 e. The van der Waals surface area contributed by atoms with Crippen LogP contribution in [0.3, 0.4) is 0 Å². The van der Waals surface area contributed by atoms with Crippen LogP contribution in [-0.2, 0) is 35.1 Å². The first kappa shape index (κ1) is 45.9. The van der Waals surface area contributed by atoms with Crippen molar-refractivity contribution >= 4 is 30.3 Å². The fourth-order valence-electron chi connectivity index (χ4n) is 5.04. The maximum Gasteiger partial charge on any atom is 0.410 e. The van der Waals surface area contributed by atoms with Crippen molar-refractivity contribution < 1.29 is 47.7 Å². The van der Waals surface area contributed by atoms with Crippen LogP contribution in [0.25, 0.3) is 0 Å². The van der Waals surface area contributed by atoms with E-state index in [1.54, 1.807) is 83.1 Å². The van der Waals surface area contributed by atoms with E-state index in [0.29, 0.717) is 13.1 Å². The monoisotopic (exact) mass is 763 g/mol. The van der Waals surface area contributed by atoms with Crippen LogP contribution in [0.4, 0.5) is 19.2 Å². The first-order chi connectivity index (χ1) is 24.8. The van der Waals surface area contributed by atoms with Crippen molar-refractivity contribution in [1.29, 1.82) is 0 Å². The molecule has 15 heteroatoms. The summed E-state index contributed by atoms with van der Waals surface area (Å²) in [6.45, 7) is 23.0. The number of carbonyl (C=O) groups excluding carboxylic acids is 5. The molecule has 1 fully saturated rings. The molecule has 0 saturated carbocycles. The molecule has 1 heterocycles. The zero-order valence-corrected chi connectivity index (χ0v) is 34.6. The molecular formula is C39H65N5O10. The molecule has 54 heavy (non-hydrogen) atoms. The molecule has 0 bridgehead atoms. The second-order valence-electron chi connectivity index (χ2n) is 17.3. The highest BCUT2D eigenvalue weighted by Crippen LogP contribution is 2.16. The minimum Gasteiger partial charge on any atom is -0.459 e. The lowest BCUT2D eigenvalue weighted by atomic mass is 10.2. The Morgan fingerprint density at radius 1 is 0.574 bits per heavy atom. The van der Waals surface area contributed by atoms with Crippen LogP contribution in [0, 0.1) is 0 Å². The summed E-state index contributed by atoms with van der Waals surface area (Å²) in [5.41, 5.74) is -2.30. The van der Waals surface area contributed by atoms with E-state index >= 15 is 0 Å². The van der Waals surface area contributed by atoms with Crippen molar-refractivity contribution in [2.24, 2.45) is 0 Å². The zero-order valence-electron chi connectivity index (χ0n) is 34.6. The highest BCUT2D eigenvalue weighted by atomic mass is 16.6. The average Bonchev–Trinajstić information content (AvgIpc) is 2.99. The van der Waals surface area contributed by atoms with E-state index in [9.17, 15) is 24.0 Å². The molecule has 0 aliphatic carbocycles. The van der Waals surface area contributed by atoms with Gasteiger partial charge in [-0.3, -0.25) is 4.90 Å². The van der Waals surface area contributed by atoms with Gasteiger partial charge in [-0.15, -0.1) is 0 Å². The Kier molecular flexibility index (Phi) is 16.9. The molecule has 0 radical (unpaired) electrons. The molecule has 1 aromatic rings. The van der Waals surface area contributed by atoms with E-state index in [1.165, 1.54) is 14.7 Å². The molecule has 1 saturated heterocycles. The smallest absolute Gasteiger partial charge is 0.410 e. The lowest BCUT2D eigenvalue weighted by molar-refractivity contribution is -0.147. The Hall–Kier alpha value is -4.27. The zero-order chi connectivity index (χ0) is 40.9. The summed E-state index contributed by atoms with van der Waals surface area (Å²) >= 11 is 0. The third kappa shape index (κ3) is 19.2. The van der Waals surface area contributed by atoms with Gasteiger partial charge >= 0.3 is 30.3 Å². The summed E-state index contributed by atoms with van der Waals surface area (Å²) in [5.74, 6) is -0.632. The number of nitrogens with zero attached hydrogens (tertiary/aromatic N) is 4. The van der Waals surface area contributed by atoms with Crippen LogP contribution < -0.4 is 5.32 Å². The van der Waals surface area contributed by atoms with Gasteiger partial charge in [-0.25, -0.2) is 24.0 Å². The third-order valence-corrected chi connectivity index (χ3v) is 7.54. The summed E-state index contributed by atoms with van der Waals surface area (Å²) in [7, 11) is 0. The van der Waals surface area contributed by atoms with Crippen molar-refractivity contribution in [3.63, 3.8) is 0 Å². The van der Waals surface area contributed by atoms with Crippen LogP contribution in [-0.4, -0.2) is 137 Å². The number of benzene rings is 1. The van der Waals surface area contributed by atoms with Gasteiger partial charge < -0.3 is 43.7 Å². The molecule has 0 spiro atoms. The molecule has 15 nitrogen and oxygen atoms in total. The number of rotatable bonds is 7. The lowest BCUT2D eigenvalue weighted by Crippen LogP contribution is -2.52. The molecule has 2 rings (SSSR count). The van der Waals surface area contributed by atoms with E-state index < -0.39 is 58.8 Å². The van der Waals surface area contributed by atoms with Gasteiger partial charge in [-0.05, 0) is 95.1 Å². The number of ether oxygens (including phenoxy) is 5. The standard InChI is InChI=1S/C39H65N5O10/c1-36(2,3)51-32(46)40-30(31(45)50-28-29-16-14-13-15-17-29)18-19-41-20-22-42(33(47)52-37(4,5)6)24-26-44(35(49)54-39(10,11)12)27-25-43(23-21-41)34(48)53-38(7,8)9/h13-17,30H,18-28H2,1-12H3,(H,40,46)/t30-/m0/s1. The topological polar surface area (TPSA) is 156 Å². The van der Waals surface area contributed by atoms with Crippen LogP contribution in [0.1, 0.15) is 95.1 Å². The molecule has 0 unspecified atom stereocenters. The first-order valence-corrected chi connectivity index (χ1v) is 18.7. The number of hydrogen-bond acceptors (Lipinski definition) is 11. The van der Waals surface area contributed by atoms with Crippen LogP contribution in [0.5, 0.6) is 0 Å². The fourth-order valence-corrected chi connectivity index (χ4v) is 5.04. The Bertz CT molecular complexity index is 1340. The quantitative estimate of drug-likeness (QED) is 0.255. The molecular weight excluding hydrogens is 698 g/mol. The van der Waals surface area contributed by atoms with Gasteiger partial charge in [0.15, 0.2) is 0 Å². The van der Waals surface area contributed by atoms with Crippen molar-refractivity contribution in [1.82, 2.24) is 24.9 Å². The lowest BCUT2D eigenvalue weighted by Gasteiger charge is -2.36. The van der Waals surface area contributed by atoms with Gasteiger partial charge in [-0.1, -0.05) is 30.3 Å². The number of amides is 4. The van der Waals surface area contributed by atoms with E-state index in [1.807, 2.05) is 35.2 Å². The van der Waals surface area contributed by atoms with Gasteiger partial charge in [0.2, 0.25) is 0 Å². The second-order valence-corrected chi connectivity index (χ2v) is 17.3. The van der Waals surface area contributed by atoms with Gasteiger partial charge in [0, 0.05) is 58.9 Å². The molecule has 1 aliphatic heterocycles. The predicted molar refractivity (Wildman–Crippen MR) is 204 cm³/mol. The van der Waals surface area contributed by atoms with Crippen LogP contribution in [0.15, 0.2) is 30.3 Å². The van der Waals surface area contributed by atoms with Crippen LogP contribution in [0.2, 0.25) is 0 Å². The number of hydrogen-bond donors (Lipinski definition) is 1. The van der Waals surface area contributed by atoms with E-state index in [-0.39, 0.29) is 58.8 Å². The maximum absolute atomic E-state index is 13.5. The summed E-state index contributed by atoms with van der Waals surface area (Å²) in [6, 6.07) is 8.15. The van der Waals surface area contributed by atoms with Gasteiger partial charge in [0.25, 0.3) is 0 Å². The Morgan fingerprint density at radius 2 is 0.944 bits per heavy atom. The molecule has 0 aromatic heterocycles. The Balaban J connectivity index is 2.40. The maximum atomic E-state index is 13.5. The summed E-state index contributed by atoms with van der Waals surface area (Å²) in [5, 5.41) is 2.67. The van der Waals surface area contributed by atoms with Crippen molar-refractivity contribution in [3.05, 3.63) is 35.9 Å². The summed E-state index contributed by atoms with van der Waals surface area (Å²) < 4.78 is 28.2. The predicted octanol–water partition coefficient (Wildman–Crippen LogP) is 6.04. The number of esters is 1. The van der Waals surface area contributed by atoms with Gasteiger partial charge in [0.05, 0.1) is 0 Å². The highest BCUT2D eigenvalue weighted by molar-refractivity contribution is 5.81. The number of nitrogens with one attached hydrogen (secondary N) is 1. The van der Waals surface area contributed by atoms with E-state index in [0.717, 1.165) is 5.56 Å². The van der Waals surface area contributed by atoms with E-state index in [2.05, 4.69) is 5.32 Å². The Morgan fingerprint density at radius 3 is 1.31 bits per heavy atom. The first-order valence-electron chi connectivity index (χ1n) is 18.7. The second kappa shape index (κ2) is 19.9. The van der Waals surface area contributed by atoms with Gasteiger partial charge in [0.1, 0.15) is 35.1 Å². The molecule has 1 aliphatic rings. The molecule has 1 N–H and O–H groups in total. The molecule has 1 atom stereocenters. The Labute approximate surface area is 321 Å². The van der Waals surface area contributed by atoms with E-state index in [4.69, 9.17) is 23.7 Å². The molecule has 4 amide bonds. The molecule has 1 aromatic carbocycles. The average molecular weight is 764 g/mol.